The van der Waals surface area contributed by atoms with Gasteiger partial charge in [-0.25, -0.2) is 0 Å². The van der Waals surface area contributed by atoms with Crippen molar-refractivity contribution < 1.29 is 0 Å². The smallest absolute Gasteiger partial charge is 0.191 e. The molecular formula is C23H39N5. The molecule has 2 fully saturated rings. The van der Waals surface area contributed by atoms with Gasteiger partial charge in [-0.3, -0.25) is 9.89 Å². The zero-order chi connectivity index (χ0) is 19.6. The quantitative estimate of drug-likeness (QED) is 0.533. The van der Waals surface area contributed by atoms with Crippen molar-refractivity contribution in [2.45, 2.75) is 51.6 Å². The fourth-order valence-electron chi connectivity index (χ4n) is 4.57. The van der Waals surface area contributed by atoms with Crippen LogP contribution in [0, 0.1) is 5.92 Å². The van der Waals surface area contributed by atoms with E-state index in [4.69, 9.17) is 0 Å². The van der Waals surface area contributed by atoms with E-state index in [2.05, 4.69) is 62.7 Å². The minimum absolute atomic E-state index is 0.595. The Morgan fingerprint density at radius 2 is 1.86 bits per heavy atom. The molecule has 3 rings (SSSR count). The minimum Gasteiger partial charge on any atom is -0.356 e. The second-order valence-electron chi connectivity index (χ2n) is 8.30. The molecule has 0 aliphatic carbocycles. The van der Waals surface area contributed by atoms with Gasteiger partial charge in [0.1, 0.15) is 0 Å². The predicted octanol–water partition coefficient (Wildman–Crippen LogP) is 2.94. The Balaban J connectivity index is 1.35. The SMILES string of the molecule is CCN1CCC(CCNC(=NC)NCC2CCCN2Cc2ccccc2)CC1. The van der Waals surface area contributed by atoms with Crippen LogP contribution in [-0.4, -0.2) is 68.1 Å². The topological polar surface area (TPSA) is 42.9 Å². The fraction of sp³-hybridized carbons (Fsp3) is 0.696. The summed E-state index contributed by atoms with van der Waals surface area (Å²) >= 11 is 0. The van der Waals surface area contributed by atoms with Crippen molar-refractivity contribution in [1.82, 2.24) is 20.4 Å². The van der Waals surface area contributed by atoms with Gasteiger partial charge >= 0.3 is 0 Å². The molecule has 0 aromatic heterocycles. The summed E-state index contributed by atoms with van der Waals surface area (Å²) < 4.78 is 0. The van der Waals surface area contributed by atoms with Crippen molar-refractivity contribution in [2.75, 3.05) is 46.3 Å². The van der Waals surface area contributed by atoms with Gasteiger partial charge in [0.2, 0.25) is 0 Å². The van der Waals surface area contributed by atoms with Gasteiger partial charge in [0, 0.05) is 32.7 Å². The maximum atomic E-state index is 4.43. The third-order valence-corrected chi connectivity index (χ3v) is 6.46. The number of hydrogen-bond acceptors (Lipinski definition) is 3. The molecular weight excluding hydrogens is 346 g/mol. The van der Waals surface area contributed by atoms with E-state index in [0.717, 1.165) is 31.5 Å². The summed E-state index contributed by atoms with van der Waals surface area (Å²) in [6, 6.07) is 11.4. The lowest BCUT2D eigenvalue weighted by atomic mass is 9.93. The maximum absolute atomic E-state index is 4.43. The van der Waals surface area contributed by atoms with Crippen LogP contribution in [0.1, 0.15) is 44.6 Å². The van der Waals surface area contributed by atoms with Crippen LogP contribution in [0.25, 0.3) is 0 Å². The Hall–Kier alpha value is -1.59. The van der Waals surface area contributed by atoms with E-state index in [0.29, 0.717) is 6.04 Å². The first-order valence-electron chi connectivity index (χ1n) is 11.2. The summed E-state index contributed by atoms with van der Waals surface area (Å²) in [5, 5.41) is 7.11. The second-order valence-corrected chi connectivity index (χ2v) is 8.30. The molecule has 1 atom stereocenters. The zero-order valence-electron chi connectivity index (χ0n) is 17.9. The highest BCUT2D eigenvalue weighted by atomic mass is 15.2. The van der Waals surface area contributed by atoms with Crippen molar-refractivity contribution in [3.05, 3.63) is 35.9 Å². The minimum atomic E-state index is 0.595. The van der Waals surface area contributed by atoms with Crippen molar-refractivity contribution in [1.29, 1.82) is 0 Å². The molecule has 5 nitrogen and oxygen atoms in total. The van der Waals surface area contributed by atoms with Gasteiger partial charge in [0.05, 0.1) is 0 Å². The number of hydrogen-bond donors (Lipinski definition) is 2. The van der Waals surface area contributed by atoms with Gasteiger partial charge < -0.3 is 15.5 Å². The molecule has 0 radical (unpaired) electrons. The number of likely N-dealkylation sites (tertiary alicyclic amines) is 2. The molecule has 2 aliphatic rings. The molecule has 1 aromatic rings. The number of guanidine groups is 1. The van der Waals surface area contributed by atoms with Crippen LogP contribution < -0.4 is 10.6 Å². The van der Waals surface area contributed by atoms with Crippen molar-refractivity contribution >= 4 is 5.96 Å². The normalized spacial score (nSPS) is 22.5. The van der Waals surface area contributed by atoms with E-state index in [9.17, 15) is 0 Å². The van der Waals surface area contributed by atoms with E-state index in [1.807, 2.05) is 7.05 Å². The Morgan fingerprint density at radius 3 is 2.57 bits per heavy atom. The Morgan fingerprint density at radius 1 is 1.07 bits per heavy atom. The van der Waals surface area contributed by atoms with Crippen molar-refractivity contribution in [2.24, 2.45) is 10.9 Å². The van der Waals surface area contributed by atoms with E-state index in [1.165, 1.54) is 63.8 Å². The van der Waals surface area contributed by atoms with Crippen LogP contribution in [0.3, 0.4) is 0 Å². The molecule has 1 aromatic carbocycles. The largest absolute Gasteiger partial charge is 0.356 e. The second kappa shape index (κ2) is 11.4. The lowest BCUT2D eigenvalue weighted by molar-refractivity contribution is 0.187. The zero-order valence-corrected chi connectivity index (χ0v) is 17.9. The third kappa shape index (κ3) is 6.49. The van der Waals surface area contributed by atoms with Crippen LogP contribution >= 0.6 is 0 Å². The lowest BCUT2D eigenvalue weighted by Gasteiger charge is -2.31. The molecule has 0 amide bonds. The molecule has 28 heavy (non-hydrogen) atoms. The first-order valence-corrected chi connectivity index (χ1v) is 11.2. The highest BCUT2D eigenvalue weighted by Gasteiger charge is 2.24. The number of nitrogens with one attached hydrogen (secondary N) is 2. The van der Waals surface area contributed by atoms with Gasteiger partial charge in [0.15, 0.2) is 5.96 Å². The molecule has 2 heterocycles. The monoisotopic (exact) mass is 385 g/mol. The summed E-state index contributed by atoms with van der Waals surface area (Å²) in [4.78, 5) is 9.60. The molecule has 0 saturated carbocycles. The molecule has 0 bridgehead atoms. The van der Waals surface area contributed by atoms with Crippen molar-refractivity contribution in [3.63, 3.8) is 0 Å². The summed E-state index contributed by atoms with van der Waals surface area (Å²) in [5.74, 6) is 1.82. The first kappa shape index (κ1) is 21.1. The summed E-state index contributed by atoms with van der Waals surface area (Å²) in [6.07, 6.45) is 6.51. The predicted molar refractivity (Wildman–Crippen MR) is 119 cm³/mol. The summed E-state index contributed by atoms with van der Waals surface area (Å²) in [6.45, 7) is 10.3. The van der Waals surface area contributed by atoms with Crippen LogP contribution in [0.5, 0.6) is 0 Å². The van der Waals surface area contributed by atoms with Gasteiger partial charge in [-0.1, -0.05) is 37.3 Å². The summed E-state index contributed by atoms with van der Waals surface area (Å²) in [5.41, 5.74) is 1.41. The molecule has 2 N–H and O–H groups in total. The van der Waals surface area contributed by atoms with Crippen LogP contribution in [0.4, 0.5) is 0 Å². The number of piperidine rings is 1. The Kier molecular flexibility index (Phi) is 8.62. The van der Waals surface area contributed by atoms with Gasteiger partial charge in [-0.05, 0) is 69.8 Å². The Bertz CT molecular complexity index is 580. The van der Waals surface area contributed by atoms with Crippen LogP contribution in [0.15, 0.2) is 35.3 Å². The van der Waals surface area contributed by atoms with Crippen molar-refractivity contribution in [3.8, 4) is 0 Å². The Labute approximate surface area is 171 Å². The molecule has 1 unspecified atom stereocenters. The van der Waals surface area contributed by atoms with Gasteiger partial charge in [0.25, 0.3) is 0 Å². The third-order valence-electron chi connectivity index (χ3n) is 6.46. The molecule has 2 aliphatic heterocycles. The van der Waals surface area contributed by atoms with E-state index in [1.54, 1.807) is 0 Å². The first-order chi connectivity index (χ1) is 13.8. The number of nitrogens with zero attached hydrogens (tertiary/aromatic N) is 3. The highest BCUT2D eigenvalue weighted by molar-refractivity contribution is 5.79. The maximum Gasteiger partial charge on any atom is 0.191 e. The van der Waals surface area contributed by atoms with Gasteiger partial charge in [-0.15, -0.1) is 0 Å². The number of aliphatic imine (C=N–C) groups is 1. The highest BCUT2D eigenvalue weighted by Crippen LogP contribution is 2.20. The standard InChI is InChI=1S/C23H39N5/c1-3-27-16-12-20(13-17-27)11-14-25-23(24-2)26-18-22-10-7-15-28(22)19-21-8-5-4-6-9-21/h4-6,8-9,20,22H,3,7,10-19H2,1-2H3,(H2,24,25,26). The summed E-state index contributed by atoms with van der Waals surface area (Å²) in [7, 11) is 1.88. The average molecular weight is 386 g/mol. The molecule has 156 valence electrons. The molecule has 2 saturated heterocycles. The fourth-order valence-corrected chi connectivity index (χ4v) is 4.57. The number of benzene rings is 1. The van der Waals surface area contributed by atoms with E-state index in [-0.39, 0.29) is 0 Å². The molecule has 0 spiro atoms. The average Bonchev–Trinajstić information content (AvgIpc) is 3.18. The van der Waals surface area contributed by atoms with Gasteiger partial charge in [-0.2, -0.15) is 0 Å². The number of rotatable bonds is 8. The van der Waals surface area contributed by atoms with Crippen LogP contribution in [0.2, 0.25) is 0 Å². The lowest BCUT2D eigenvalue weighted by Crippen LogP contribution is -2.45. The molecule has 5 heteroatoms. The van der Waals surface area contributed by atoms with E-state index < -0.39 is 0 Å². The van der Waals surface area contributed by atoms with Crippen LogP contribution in [-0.2, 0) is 6.54 Å². The van der Waals surface area contributed by atoms with E-state index >= 15 is 0 Å².